The van der Waals surface area contributed by atoms with Gasteiger partial charge in [0.05, 0.1) is 0 Å². The molecule has 0 aliphatic rings. The smallest absolute Gasteiger partial charge is 0.165 e. The fourth-order valence-electron chi connectivity index (χ4n) is 1.86. The van der Waals surface area contributed by atoms with Gasteiger partial charge in [-0.15, -0.1) is 0 Å². The molecule has 108 valence electrons. The lowest BCUT2D eigenvalue weighted by atomic mass is 10.1. The number of rotatable bonds is 9. The maximum Gasteiger partial charge on any atom is 0.165 e. The van der Waals surface area contributed by atoms with Crippen molar-refractivity contribution in [2.45, 2.75) is 45.6 Å². The zero-order valence-corrected chi connectivity index (χ0v) is 13.3. The van der Waals surface area contributed by atoms with Gasteiger partial charge in [-0.1, -0.05) is 42.1 Å². The van der Waals surface area contributed by atoms with Crippen molar-refractivity contribution < 1.29 is 9.13 Å². The summed E-state index contributed by atoms with van der Waals surface area (Å²) in [6.45, 7) is 5.60. The molecule has 0 spiro atoms. The van der Waals surface area contributed by atoms with Crippen LogP contribution in [-0.4, -0.2) is 19.2 Å². The van der Waals surface area contributed by atoms with E-state index < -0.39 is 0 Å². The molecule has 1 aromatic carbocycles. The first-order valence-electron chi connectivity index (χ1n) is 6.94. The highest BCUT2D eigenvalue weighted by atomic mass is 79.9. The third-order valence-corrected chi connectivity index (χ3v) is 3.48. The minimum absolute atomic E-state index is 0.301. The molecule has 0 saturated carbocycles. The summed E-state index contributed by atoms with van der Waals surface area (Å²) in [7, 11) is 0. The fourth-order valence-corrected chi connectivity index (χ4v) is 2.20. The molecule has 0 saturated heterocycles. The van der Waals surface area contributed by atoms with Gasteiger partial charge in [0, 0.05) is 17.1 Å². The van der Waals surface area contributed by atoms with Gasteiger partial charge in [-0.25, -0.2) is 4.39 Å². The van der Waals surface area contributed by atoms with Crippen LogP contribution in [0, 0.1) is 5.82 Å². The number of ether oxygens (including phenoxy) is 1. The third kappa shape index (κ3) is 6.92. The second-order valence-corrected chi connectivity index (χ2v) is 5.69. The van der Waals surface area contributed by atoms with Gasteiger partial charge >= 0.3 is 0 Å². The van der Waals surface area contributed by atoms with Crippen LogP contribution < -0.4 is 10.1 Å². The quantitative estimate of drug-likeness (QED) is 0.671. The lowest BCUT2D eigenvalue weighted by molar-refractivity contribution is 0.290. The van der Waals surface area contributed by atoms with Gasteiger partial charge in [0.25, 0.3) is 0 Å². The van der Waals surface area contributed by atoms with Gasteiger partial charge in [0.2, 0.25) is 0 Å². The van der Waals surface area contributed by atoms with Crippen LogP contribution >= 0.6 is 15.9 Å². The van der Waals surface area contributed by atoms with E-state index in [-0.39, 0.29) is 5.82 Å². The Morgan fingerprint density at radius 3 is 2.89 bits per heavy atom. The van der Waals surface area contributed by atoms with Gasteiger partial charge in [-0.3, -0.25) is 0 Å². The van der Waals surface area contributed by atoms with Crippen molar-refractivity contribution in [1.29, 1.82) is 0 Å². The lowest BCUT2D eigenvalue weighted by Crippen LogP contribution is -2.30. The van der Waals surface area contributed by atoms with Crippen LogP contribution in [0.1, 0.15) is 39.5 Å². The maximum atomic E-state index is 13.4. The average molecular weight is 332 g/mol. The number of unbranched alkanes of at least 4 members (excludes halogenated alkanes) is 2. The van der Waals surface area contributed by atoms with E-state index >= 15 is 0 Å². The third-order valence-electron chi connectivity index (χ3n) is 2.99. The molecule has 0 radical (unpaired) electrons. The maximum absolute atomic E-state index is 13.4. The summed E-state index contributed by atoms with van der Waals surface area (Å²) in [5.74, 6) is -0.0194. The monoisotopic (exact) mass is 331 g/mol. The topological polar surface area (TPSA) is 21.3 Å². The van der Waals surface area contributed by atoms with Crippen LogP contribution in [0.15, 0.2) is 22.7 Å². The summed E-state index contributed by atoms with van der Waals surface area (Å²) in [4.78, 5) is 0. The number of benzene rings is 1. The molecular weight excluding hydrogens is 309 g/mol. The normalized spacial score (nSPS) is 12.4. The number of hydrogen-bond donors (Lipinski definition) is 1. The summed E-state index contributed by atoms with van der Waals surface area (Å²) in [5.41, 5.74) is 0. The molecule has 0 aliphatic heterocycles. The Morgan fingerprint density at radius 2 is 2.16 bits per heavy atom. The van der Waals surface area contributed by atoms with Gasteiger partial charge < -0.3 is 10.1 Å². The average Bonchev–Trinajstić information content (AvgIpc) is 2.39. The highest BCUT2D eigenvalue weighted by Crippen LogP contribution is 2.21. The van der Waals surface area contributed by atoms with E-state index in [1.165, 1.54) is 31.7 Å². The molecule has 19 heavy (non-hydrogen) atoms. The van der Waals surface area contributed by atoms with Crippen molar-refractivity contribution in [3.63, 3.8) is 0 Å². The molecule has 0 aromatic heterocycles. The standard InChI is InChI=1S/C15H23BrFNO/c1-3-4-5-6-12(2)18-9-10-19-15-11-13(16)7-8-14(15)17/h7-8,11-12,18H,3-6,9-10H2,1-2H3. The second-order valence-electron chi connectivity index (χ2n) is 4.77. The van der Waals surface area contributed by atoms with E-state index in [0.29, 0.717) is 18.4 Å². The lowest BCUT2D eigenvalue weighted by Gasteiger charge is -2.14. The summed E-state index contributed by atoms with van der Waals surface area (Å²) in [6, 6.07) is 5.21. The van der Waals surface area contributed by atoms with Gasteiger partial charge in [-0.2, -0.15) is 0 Å². The minimum Gasteiger partial charge on any atom is -0.489 e. The van der Waals surface area contributed by atoms with E-state index in [9.17, 15) is 4.39 Å². The Hall–Kier alpha value is -0.610. The Labute approximate surface area is 123 Å². The number of hydrogen-bond acceptors (Lipinski definition) is 2. The van der Waals surface area contributed by atoms with E-state index in [0.717, 1.165) is 11.0 Å². The molecule has 0 heterocycles. The second kappa shape index (κ2) is 9.32. The van der Waals surface area contributed by atoms with Gasteiger partial charge in [0.1, 0.15) is 6.61 Å². The van der Waals surface area contributed by atoms with E-state index in [1.807, 2.05) is 0 Å². The number of halogens is 2. The highest BCUT2D eigenvalue weighted by molar-refractivity contribution is 9.10. The summed E-state index contributed by atoms with van der Waals surface area (Å²) >= 11 is 3.30. The molecular formula is C15H23BrFNO. The molecule has 2 nitrogen and oxygen atoms in total. The Kier molecular flexibility index (Phi) is 8.07. The van der Waals surface area contributed by atoms with Crippen molar-refractivity contribution in [2.24, 2.45) is 0 Å². The minimum atomic E-state index is -0.320. The van der Waals surface area contributed by atoms with Crippen LogP contribution in [0.3, 0.4) is 0 Å². The van der Waals surface area contributed by atoms with Crippen molar-refractivity contribution in [2.75, 3.05) is 13.2 Å². The van der Waals surface area contributed by atoms with Crippen LogP contribution in [0.2, 0.25) is 0 Å². The first kappa shape index (κ1) is 16.4. The largest absolute Gasteiger partial charge is 0.489 e. The summed E-state index contributed by atoms with van der Waals surface area (Å²) in [5, 5.41) is 3.39. The van der Waals surface area contributed by atoms with Crippen LogP contribution in [-0.2, 0) is 0 Å². The fraction of sp³-hybridized carbons (Fsp3) is 0.600. The Morgan fingerprint density at radius 1 is 1.37 bits per heavy atom. The molecule has 1 N–H and O–H groups in total. The van der Waals surface area contributed by atoms with Crippen molar-refractivity contribution in [3.8, 4) is 5.75 Å². The number of nitrogens with one attached hydrogen (secondary N) is 1. The molecule has 0 aliphatic carbocycles. The van der Waals surface area contributed by atoms with Crippen LogP contribution in [0.25, 0.3) is 0 Å². The molecule has 0 fully saturated rings. The van der Waals surface area contributed by atoms with Crippen LogP contribution in [0.5, 0.6) is 5.75 Å². The SMILES string of the molecule is CCCCCC(C)NCCOc1cc(Br)ccc1F. The molecule has 4 heteroatoms. The van der Waals surface area contributed by atoms with E-state index in [1.54, 1.807) is 12.1 Å². The molecule has 0 bridgehead atoms. The molecule has 1 unspecified atom stereocenters. The molecule has 1 atom stereocenters. The van der Waals surface area contributed by atoms with Crippen LogP contribution in [0.4, 0.5) is 4.39 Å². The van der Waals surface area contributed by atoms with Crippen molar-refractivity contribution in [1.82, 2.24) is 5.32 Å². The Balaban J connectivity index is 2.18. The van der Waals surface area contributed by atoms with Gasteiger partial charge in [-0.05, 0) is 31.5 Å². The summed E-state index contributed by atoms with van der Waals surface area (Å²) in [6.07, 6.45) is 4.97. The zero-order valence-electron chi connectivity index (χ0n) is 11.7. The molecule has 1 rings (SSSR count). The molecule has 0 amide bonds. The first-order valence-corrected chi connectivity index (χ1v) is 7.74. The van der Waals surface area contributed by atoms with Gasteiger partial charge in [0.15, 0.2) is 11.6 Å². The highest BCUT2D eigenvalue weighted by Gasteiger charge is 2.04. The first-order chi connectivity index (χ1) is 9.13. The zero-order chi connectivity index (χ0) is 14.1. The molecule has 1 aromatic rings. The van der Waals surface area contributed by atoms with E-state index in [4.69, 9.17) is 4.74 Å². The summed E-state index contributed by atoms with van der Waals surface area (Å²) < 4.78 is 19.6. The van der Waals surface area contributed by atoms with Crippen molar-refractivity contribution >= 4 is 15.9 Å². The predicted molar refractivity (Wildman–Crippen MR) is 81.2 cm³/mol. The van der Waals surface area contributed by atoms with Crippen molar-refractivity contribution in [3.05, 3.63) is 28.5 Å². The predicted octanol–water partition coefficient (Wildman–Crippen LogP) is 4.53. The Bertz CT molecular complexity index is 373. The van der Waals surface area contributed by atoms with E-state index in [2.05, 4.69) is 35.1 Å².